The molecule has 0 aliphatic carbocycles. The molecule has 0 spiro atoms. The Morgan fingerprint density at radius 1 is 1.67 bits per heavy atom. The van der Waals surface area contributed by atoms with Crippen LogP contribution in [-0.2, 0) is 10.8 Å². The molecule has 0 fully saturated rings. The predicted octanol–water partition coefficient (Wildman–Crippen LogP) is 1.62. The summed E-state index contributed by atoms with van der Waals surface area (Å²) in [5, 5.41) is 3.40. The molecule has 0 aliphatic heterocycles. The maximum absolute atomic E-state index is 11.1. The topological polar surface area (TPSA) is 54.9 Å². The lowest BCUT2D eigenvalue weighted by Gasteiger charge is -2.11. The van der Waals surface area contributed by atoms with Crippen molar-refractivity contribution in [2.24, 2.45) is 0 Å². The predicted molar refractivity (Wildman–Crippen MR) is 63.8 cm³/mol. The second-order valence-electron chi connectivity index (χ2n) is 3.36. The van der Waals surface area contributed by atoms with Gasteiger partial charge in [-0.2, -0.15) is 0 Å². The molecule has 2 atom stereocenters. The van der Waals surface area contributed by atoms with Crippen molar-refractivity contribution >= 4 is 28.2 Å². The van der Waals surface area contributed by atoms with E-state index in [-0.39, 0.29) is 10.5 Å². The molecule has 2 unspecified atom stereocenters. The van der Waals surface area contributed by atoms with Crippen molar-refractivity contribution in [2.75, 3.05) is 18.1 Å². The average molecular weight is 248 g/mol. The standard InChI is InChI=1S/C9H14ClN3OS/c1-6-4-12-9(10)13-8(6)11-5-7(2)15(3)14/h4,7H,5H2,1-3H3,(H,11,12,13). The quantitative estimate of drug-likeness (QED) is 0.822. The van der Waals surface area contributed by atoms with Gasteiger partial charge in [0.25, 0.3) is 0 Å². The molecule has 0 saturated carbocycles. The highest BCUT2D eigenvalue weighted by atomic mass is 35.5. The molecule has 1 rings (SSSR count). The smallest absolute Gasteiger partial charge is 0.224 e. The van der Waals surface area contributed by atoms with Crippen molar-refractivity contribution in [3.63, 3.8) is 0 Å². The Labute approximate surface area is 96.9 Å². The van der Waals surface area contributed by atoms with Crippen LogP contribution >= 0.6 is 11.6 Å². The summed E-state index contributed by atoms with van der Waals surface area (Å²) >= 11 is 5.67. The van der Waals surface area contributed by atoms with E-state index in [2.05, 4.69) is 15.3 Å². The SMILES string of the molecule is Cc1cnc(Cl)nc1NCC(C)S(C)=O. The van der Waals surface area contributed by atoms with Crippen molar-refractivity contribution in [3.05, 3.63) is 17.0 Å². The zero-order valence-corrected chi connectivity index (χ0v) is 10.5. The van der Waals surface area contributed by atoms with Crippen LogP contribution in [0.15, 0.2) is 6.20 Å². The van der Waals surface area contributed by atoms with Gasteiger partial charge >= 0.3 is 0 Å². The largest absolute Gasteiger partial charge is 0.369 e. The van der Waals surface area contributed by atoms with E-state index in [1.807, 2.05) is 13.8 Å². The molecule has 84 valence electrons. The molecule has 0 bridgehead atoms. The second-order valence-corrected chi connectivity index (χ2v) is 5.50. The molecule has 6 heteroatoms. The lowest BCUT2D eigenvalue weighted by atomic mass is 10.3. The minimum absolute atomic E-state index is 0.0816. The molecular formula is C9H14ClN3OS. The van der Waals surface area contributed by atoms with Gasteiger partial charge < -0.3 is 5.32 Å². The summed E-state index contributed by atoms with van der Waals surface area (Å²) in [5.41, 5.74) is 0.925. The van der Waals surface area contributed by atoms with E-state index in [4.69, 9.17) is 11.6 Å². The Hall–Kier alpha value is -0.680. The number of hydrogen-bond donors (Lipinski definition) is 1. The first-order valence-corrected chi connectivity index (χ1v) is 6.56. The highest BCUT2D eigenvalue weighted by molar-refractivity contribution is 7.84. The molecule has 1 heterocycles. The average Bonchev–Trinajstić information content (AvgIpc) is 2.18. The maximum atomic E-state index is 11.1. The Morgan fingerprint density at radius 3 is 2.93 bits per heavy atom. The number of aromatic nitrogens is 2. The Morgan fingerprint density at radius 2 is 2.33 bits per heavy atom. The number of rotatable bonds is 4. The van der Waals surface area contributed by atoms with Crippen LogP contribution < -0.4 is 5.32 Å². The minimum Gasteiger partial charge on any atom is -0.369 e. The number of hydrogen-bond acceptors (Lipinski definition) is 4. The molecule has 1 aromatic heterocycles. The molecule has 0 aromatic carbocycles. The Balaban J connectivity index is 2.65. The normalized spacial score (nSPS) is 14.7. The molecule has 4 nitrogen and oxygen atoms in total. The van der Waals surface area contributed by atoms with Crippen LogP contribution in [0.4, 0.5) is 5.82 Å². The first-order chi connectivity index (χ1) is 7.00. The highest BCUT2D eigenvalue weighted by Crippen LogP contribution is 2.12. The number of halogens is 1. The van der Waals surface area contributed by atoms with Gasteiger partial charge in [-0.05, 0) is 25.4 Å². The van der Waals surface area contributed by atoms with Crippen LogP contribution in [-0.4, -0.2) is 32.2 Å². The van der Waals surface area contributed by atoms with Crippen molar-refractivity contribution in [1.82, 2.24) is 9.97 Å². The second kappa shape index (κ2) is 5.42. The summed E-state index contributed by atoms with van der Waals surface area (Å²) < 4.78 is 11.1. The van der Waals surface area contributed by atoms with Gasteiger partial charge in [0.05, 0.1) is 0 Å². The van der Waals surface area contributed by atoms with Gasteiger partial charge in [-0.3, -0.25) is 4.21 Å². The van der Waals surface area contributed by atoms with Crippen LogP contribution in [0.1, 0.15) is 12.5 Å². The first-order valence-electron chi connectivity index (χ1n) is 4.56. The molecule has 0 saturated heterocycles. The molecule has 1 aromatic rings. The number of nitrogens with zero attached hydrogens (tertiary/aromatic N) is 2. The van der Waals surface area contributed by atoms with Crippen molar-refractivity contribution in [3.8, 4) is 0 Å². The molecule has 0 radical (unpaired) electrons. The van der Waals surface area contributed by atoms with Crippen LogP contribution in [0.2, 0.25) is 5.28 Å². The molecule has 0 aliphatic rings. The third kappa shape index (κ3) is 3.76. The third-order valence-electron chi connectivity index (χ3n) is 2.07. The fourth-order valence-electron chi connectivity index (χ4n) is 0.957. The molecule has 0 amide bonds. The van der Waals surface area contributed by atoms with Gasteiger partial charge in [-0.25, -0.2) is 9.97 Å². The van der Waals surface area contributed by atoms with Crippen molar-refractivity contribution in [1.29, 1.82) is 0 Å². The van der Waals surface area contributed by atoms with E-state index < -0.39 is 10.8 Å². The maximum Gasteiger partial charge on any atom is 0.224 e. The third-order valence-corrected chi connectivity index (χ3v) is 3.55. The van der Waals surface area contributed by atoms with E-state index in [0.717, 1.165) is 5.56 Å². The summed E-state index contributed by atoms with van der Waals surface area (Å²) in [4.78, 5) is 7.90. The van der Waals surface area contributed by atoms with E-state index in [0.29, 0.717) is 12.4 Å². The molecular weight excluding hydrogens is 234 g/mol. The Kier molecular flexibility index (Phi) is 4.47. The van der Waals surface area contributed by atoms with Gasteiger partial charge in [0.15, 0.2) is 0 Å². The van der Waals surface area contributed by atoms with Gasteiger partial charge in [-0.1, -0.05) is 0 Å². The summed E-state index contributed by atoms with van der Waals surface area (Å²) in [6, 6.07) is 0. The summed E-state index contributed by atoms with van der Waals surface area (Å²) in [6.45, 7) is 4.42. The lowest BCUT2D eigenvalue weighted by molar-refractivity contribution is 0.678. The monoisotopic (exact) mass is 247 g/mol. The van der Waals surface area contributed by atoms with Gasteiger partial charge in [-0.15, -0.1) is 0 Å². The van der Waals surface area contributed by atoms with Gasteiger partial charge in [0.2, 0.25) is 5.28 Å². The summed E-state index contributed by atoms with van der Waals surface area (Å²) in [7, 11) is -0.835. The number of nitrogens with one attached hydrogen (secondary N) is 1. The van der Waals surface area contributed by atoms with Gasteiger partial charge in [0.1, 0.15) is 5.82 Å². The van der Waals surface area contributed by atoms with Crippen LogP contribution in [0.25, 0.3) is 0 Å². The lowest BCUT2D eigenvalue weighted by Crippen LogP contribution is -2.21. The van der Waals surface area contributed by atoms with Crippen LogP contribution in [0.5, 0.6) is 0 Å². The fourth-order valence-corrected chi connectivity index (χ4v) is 1.41. The minimum atomic E-state index is -0.835. The van der Waals surface area contributed by atoms with Crippen LogP contribution in [0, 0.1) is 6.92 Å². The number of anilines is 1. The van der Waals surface area contributed by atoms with E-state index in [1.165, 1.54) is 0 Å². The van der Waals surface area contributed by atoms with E-state index in [1.54, 1.807) is 12.5 Å². The van der Waals surface area contributed by atoms with Crippen LogP contribution in [0.3, 0.4) is 0 Å². The Bertz CT molecular complexity index is 372. The fraction of sp³-hybridized carbons (Fsp3) is 0.556. The van der Waals surface area contributed by atoms with Crippen molar-refractivity contribution < 1.29 is 4.21 Å². The van der Waals surface area contributed by atoms with E-state index >= 15 is 0 Å². The highest BCUT2D eigenvalue weighted by Gasteiger charge is 2.07. The van der Waals surface area contributed by atoms with Crippen molar-refractivity contribution in [2.45, 2.75) is 19.1 Å². The summed E-state index contributed by atoms with van der Waals surface area (Å²) in [6.07, 6.45) is 3.34. The molecule has 15 heavy (non-hydrogen) atoms. The van der Waals surface area contributed by atoms with Gasteiger partial charge in [0, 0.05) is 40.6 Å². The first kappa shape index (κ1) is 12.4. The van der Waals surface area contributed by atoms with E-state index in [9.17, 15) is 4.21 Å². The summed E-state index contributed by atoms with van der Waals surface area (Å²) in [5.74, 6) is 0.701. The zero-order chi connectivity index (χ0) is 11.4. The molecule has 1 N–H and O–H groups in total. The zero-order valence-electron chi connectivity index (χ0n) is 8.95. The number of aryl methyl sites for hydroxylation is 1.